The molecule has 1 unspecified atom stereocenters. The second-order valence-corrected chi connectivity index (χ2v) is 10.7. The number of aromatic nitrogens is 1. The maximum atomic E-state index is 13.4. The van der Waals surface area contributed by atoms with Crippen molar-refractivity contribution in [2.75, 3.05) is 10.2 Å². The number of rotatable bonds is 8. The molecule has 0 bridgehead atoms. The lowest BCUT2D eigenvalue weighted by Crippen LogP contribution is -2.47. The van der Waals surface area contributed by atoms with Gasteiger partial charge in [-0.15, -0.1) is 11.3 Å². The van der Waals surface area contributed by atoms with Crippen molar-refractivity contribution in [3.63, 3.8) is 0 Å². The Balaban J connectivity index is 1.47. The maximum Gasteiger partial charge on any atom is 0.331 e. The highest BCUT2D eigenvalue weighted by molar-refractivity contribution is 7.19. The Labute approximate surface area is 219 Å². The van der Waals surface area contributed by atoms with Crippen LogP contribution in [0, 0.1) is 6.92 Å². The minimum atomic E-state index is -1.03. The summed E-state index contributed by atoms with van der Waals surface area (Å²) >= 11 is 1.34. The molecule has 3 heterocycles. The van der Waals surface area contributed by atoms with Crippen LogP contribution in [0.15, 0.2) is 43.1 Å². The molecule has 10 heteroatoms. The lowest BCUT2D eigenvalue weighted by molar-refractivity contribution is -0.117. The molecule has 0 saturated heterocycles. The van der Waals surface area contributed by atoms with Gasteiger partial charge in [0.25, 0.3) is 0 Å². The SMILES string of the molecule is C=CC(=O)N[C@H]1CCC[C@H]1NC(O)c1sc2nccc3c2c1NC(=O)N3c1ccc(OC(C)C)cc1C. The zero-order chi connectivity index (χ0) is 26.3. The zero-order valence-corrected chi connectivity index (χ0v) is 21.9. The van der Waals surface area contributed by atoms with Crippen molar-refractivity contribution in [3.8, 4) is 5.75 Å². The number of nitrogens with one attached hydrogen (secondary N) is 3. The molecule has 1 aromatic carbocycles. The van der Waals surface area contributed by atoms with E-state index < -0.39 is 6.23 Å². The normalized spacial score (nSPS) is 19.7. The highest BCUT2D eigenvalue weighted by atomic mass is 32.1. The number of carbonyl (C=O) groups excluding carboxylic acids is 2. The van der Waals surface area contributed by atoms with Gasteiger partial charge in [-0.05, 0) is 75.9 Å². The number of aliphatic hydroxyl groups excluding tert-OH is 1. The number of amides is 3. The molecule has 9 nitrogen and oxygen atoms in total. The van der Waals surface area contributed by atoms with E-state index in [1.54, 1.807) is 11.1 Å². The molecule has 1 aliphatic carbocycles. The lowest BCUT2D eigenvalue weighted by atomic mass is 10.1. The lowest BCUT2D eigenvalue weighted by Gasteiger charge is -2.30. The molecule has 0 radical (unpaired) electrons. The average molecular weight is 522 g/mol. The van der Waals surface area contributed by atoms with Gasteiger partial charge in [-0.1, -0.05) is 6.58 Å². The monoisotopic (exact) mass is 521 g/mol. The number of thiophene rings is 1. The first kappa shape index (κ1) is 25.2. The Kier molecular flexibility index (Phi) is 6.89. The second-order valence-electron chi connectivity index (χ2n) is 9.66. The number of ether oxygens (including phenoxy) is 1. The van der Waals surface area contributed by atoms with Crippen molar-refractivity contribution < 1.29 is 19.4 Å². The Morgan fingerprint density at radius 1 is 1.30 bits per heavy atom. The first-order valence-corrected chi connectivity index (χ1v) is 13.2. The number of anilines is 3. The van der Waals surface area contributed by atoms with Crippen LogP contribution in [0.5, 0.6) is 5.75 Å². The summed E-state index contributed by atoms with van der Waals surface area (Å²) in [6.45, 7) is 9.40. The number of aliphatic hydroxyl groups is 1. The number of hydrogen-bond donors (Lipinski definition) is 4. The van der Waals surface area contributed by atoms with Crippen molar-refractivity contribution in [3.05, 3.63) is 53.6 Å². The van der Waals surface area contributed by atoms with Crippen LogP contribution in [0.4, 0.5) is 21.9 Å². The van der Waals surface area contributed by atoms with E-state index in [-0.39, 0.29) is 30.1 Å². The Bertz CT molecular complexity index is 1370. The standard InChI is InChI=1S/C27H31N5O4S/c1-5-21(33)29-17-7-6-8-18(17)30-25(34)24-23-22-20(11-12-28-26(22)37-24)32(27(35)31-23)19-10-9-16(13-15(19)4)36-14(2)3/h5,9-14,17-18,25,30,34H,1,6-8H2,2-4H3,(H,29,33)(H,31,35)/t17-,18+,25?/m0/s1. The summed E-state index contributed by atoms with van der Waals surface area (Å²) in [5.41, 5.74) is 2.90. The van der Waals surface area contributed by atoms with Gasteiger partial charge in [-0.25, -0.2) is 9.78 Å². The topological polar surface area (TPSA) is 116 Å². The third-order valence-corrected chi connectivity index (χ3v) is 7.85. The van der Waals surface area contributed by atoms with E-state index in [1.165, 1.54) is 17.4 Å². The Hall–Kier alpha value is -3.47. The van der Waals surface area contributed by atoms with Gasteiger partial charge in [-0.2, -0.15) is 0 Å². The predicted octanol–water partition coefficient (Wildman–Crippen LogP) is 4.88. The summed E-state index contributed by atoms with van der Waals surface area (Å²) < 4.78 is 5.81. The van der Waals surface area contributed by atoms with Crippen molar-refractivity contribution >= 4 is 50.6 Å². The molecule has 1 saturated carbocycles. The molecule has 3 atom stereocenters. The van der Waals surface area contributed by atoms with Crippen LogP contribution >= 0.6 is 11.3 Å². The van der Waals surface area contributed by atoms with E-state index in [4.69, 9.17) is 4.74 Å². The molecule has 4 N–H and O–H groups in total. The molecular weight excluding hydrogens is 490 g/mol. The van der Waals surface area contributed by atoms with Gasteiger partial charge in [0.05, 0.1) is 33.4 Å². The predicted molar refractivity (Wildman–Crippen MR) is 146 cm³/mol. The van der Waals surface area contributed by atoms with E-state index in [9.17, 15) is 14.7 Å². The number of carbonyl (C=O) groups is 2. The van der Waals surface area contributed by atoms with Crippen molar-refractivity contribution in [2.24, 2.45) is 0 Å². The van der Waals surface area contributed by atoms with Crippen LogP contribution in [-0.2, 0) is 4.79 Å². The van der Waals surface area contributed by atoms with E-state index >= 15 is 0 Å². The molecule has 37 heavy (non-hydrogen) atoms. The minimum absolute atomic E-state index is 0.0490. The number of nitrogens with zero attached hydrogens (tertiary/aromatic N) is 2. The van der Waals surface area contributed by atoms with Crippen LogP contribution in [0.25, 0.3) is 10.2 Å². The van der Waals surface area contributed by atoms with Crippen LogP contribution in [0.2, 0.25) is 0 Å². The van der Waals surface area contributed by atoms with E-state index in [2.05, 4.69) is 27.5 Å². The summed E-state index contributed by atoms with van der Waals surface area (Å²) in [6, 6.07) is 6.96. The average Bonchev–Trinajstić information content (AvgIpc) is 3.44. The fourth-order valence-electron chi connectivity index (χ4n) is 5.11. The molecule has 1 aliphatic heterocycles. The van der Waals surface area contributed by atoms with Crippen LogP contribution in [0.1, 0.15) is 49.8 Å². The molecule has 1 fully saturated rings. The molecule has 2 aliphatic rings. The van der Waals surface area contributed by atoms with Crippen molar-refractivity contribution in [2.45, 2.75) is 64.4 Å². The fourth-order valence-corrected chi connectivity index (χ4v) is 6.18. The van der Waals surface area contributed by atoms with Crippen molar-refractivity contribution in [1.29, 1.82) is 0 Å². The van der Waals surface area contributed by atoms with Gasteiger partial charge in [-0.3, -0.25) is 15.0 Å². The maximum absolute atomic E-state index is 13.4. The summed E-state index contributed by atoms with van der Waals surface area (Å²) in [5, 5.41) is 21.2. The largest absolute Gasteiger partial charge is 0.491 e. The van der Waals surface area contributed by atoms with E-state index in [0.29, 0.717) is 21.1 Å². The van der Waals surface area contributed by atoms with Gasteiger partial charge in [0, 0.05) is 18.3 Å². The first-order valence-electron chi connectivity index (χ1n) is 12.4. The summed E-state index contributed by atoms with van der Waals surface area (Å²) in [6.07, 6.45) is 4.52. The Morgan fingerprint density at radius 2 is 2.08 bits per heavy atom. The number of pyridine rings is 1. The second kappa shape index (κ2) is 10.1. The quantitative estimate of drug-likeness (QED) is 0.248. The molecule has 0 spiro atoms. The Morgan fingerprint density at radius 3 is 2.81 bits per heavy atom. The van der Waals surface area contributed by atoms with Crippen molar-refractivity contribution in [1.82, 2.24) is 15.6 Å². The number of urea groups is 1. The van der Waals surface area contributed by atoms with E-state index in [0.717, 1.165) is 41.6 Å². The third-order valence-electron chi connectivity index (χ3n) is 6.70. The van der Waals surface area contributed by atoms with Gasteiger partial charge in [0.2, 0.25) is 5.91 Å². The summed E-state index contributed by atoms with van der Waals surface area (Å²) in [4.78, 5) is 32.7. The number of aryl methyl sites for hydroxylation is 1. The van der Waals surface area contributed by atoms with Gasteiger partial charge >= 0.3 is 6.03 Å². The molecule has 3 aromatic rings. The smallest absolute Gasteiger partial charge is 0.331 e. The van der Waals surface area contributed by atoms with Gasteiger partial charge < -0.3 is 20.5 Å². The number of benzene rings is 1. The summed E-state index contributed by atoms with van der Waals surface area (Å²) in [7, 11) is 0. The molecular formula is C27H31N5O4S. The molecule has 3 amide bonds. The highest BCUT2D eigenvalue weighted by Crippen LogP contribution is 2.48. The fraction of sp³-hybridized carbons (Fsp3) is 0.370. The molecule has 2 aromatic heterocycles. The van der Waals surface area contributed by atoms with Crippen LogP contribution in [0.3, 0.4) is 0 Å². The first-order chi connectivity index (χ1) is 17.8. The van der Waals surface area contributed by atoms with Crippen LogP contribution < -0.4 is 25.6 Å². The van der Waals surface area contributed by atoms with Gasteiger partial charge in [0.1, 0.15) is 16.8 Å². The van der Waals surface area contributed by atoms with Crippen LogP contribution in [-0.4, -0.2) is 40.2 Å². The third kappa shape index (κ3) is 4.79. The van der Waals surface area contributed by atoms with Gasteiger partial charge in [0.15, 0.2) is 0 Å². The number of hydrogen-bond acceptors (Lipinski definition) is 7. The zero-order valence-electron chi connectivity index (χ0n) is 21.1. The van der Waals surface area contributed by atoms with E-state index in [1.807, 2.05) is 45.0 Å². The minimum Gasteiger partial charge on any atom is -0.491 e. The molecule has 194 valence electrons. The summed E-state index contributed by atoms with van der Waals surface area (Å²) in [5.74, 6) is 0.515. The highest BCUT2D eigenvalue weighted by Gasteiger charge is 2.35. The molecule has 5 rings (SSSR count).